The lowest BCUT2D eigenvalue weighted by Gasteiger charge is -2.34. The second kappa shape index (κ2) is 4.97. The topological polar surface area (TPSA) is 84.6 Å². The van der Waals surface area contributed by atoms with Crippen LogP contribution in [0.5, 0.6) is 5.75 Å². The maximum Gasteiger partial charge on any atom is 0.290 e. The zero-order valence-corrected chi connectivity index (χ0v) is 10.7. The van der Waals surface area contributed by atoms with Crippen molar-refractivity contribution in [3.63, 3.8) is 0 Å². The van der Waals surface area contributed by atoms with Gasteiger partial charge in [-0.15, -0.1) is 0 Å². The van der Waals surface area contributed by atoms with Crippen LogP contribution < -0.4 is 10.1 Å². The maximum absolute atomic E-state index is 11.8. The largest absolute Gasteiger partial charge is 0.493 e. The molecule has 2 N–H and O–H groups in total. The Balaban J connectivity index is 1.76. The van der Waals surface area contributed by atoms with E-state index in [1.54, 1.807) is 12.1 Å². The van der Waals surface area contributed by atoms with Crippen LogP contribution in [0.2, 0.25) is 0 Å². The number of hydrogen-bond acceptors (Lipinski definition) is 5. The molecule has 2 heterocycles. The SMILES string of the molecule is O=C(NCC1(O)CCOc2ccccc21)c1ccno1. The first-order valence-electron chi connectivity index (χ1n) is 6.33. The zero-order valence-electron chi connectivity index (χ0n) is 10.7. The molecule has 0 radical (unpaired) electrons. The molecule has 0 spiro atoms. The van der Waals surface area contributed by atoms with Gasteiger partial charge in [0.15, 0.2) is 0 Å². The van der Waals surface area contributed by atoms with Crippen LogP contribution in [0, 0.1) is 0 Å². The molecule has 0 saturated carbocycles. The van der Waals surface area contributed by atoms with Gasteiger partial charge in [-0.3, -0.25) is 4.79 Å². The molecule has 1 atom stereocenters. The van der Waals surface area contributed by atoms with Crippen molar-refractivity contribution in [3.8, 4) is 5.75 Å². The molecule has 6 heteroatoms. The molecule has 6 nitrogen and oxygen atoms in total. The fraction of sp³-hybridized carbons (Fsp3) is 0.286. The Morgan fingerprint density at radius 3 is 3.05 bits per heavy atom. The van der Waals surface area contributed by atoms with Gasteiger partial charge in [-0.25, -0.2) is 0 Å². The van der Waals surface area contributed by atoms with Crippen LogP contribution in [0.4, 0.5) is 0 Å². The highest BCUT2D eigenvalue weighted by Gasteiger charge is 2.36. The Morgan fingerprint density at radius 2 is 2.25 bits per heavy atom. The number of aromatic nitrogens is 1. The molecule has 0 bridgehead atoms. The molecule has 1 aromatic heterocycles. The monoisotopic (exact) mass is 274 g/mol. The van der Waals surface area contributed by atoms with E-state index in [1.165, 1.54) is 12.3 Å². The van der Waals surface area contributed by atoms with Crippen LogP contribution in [0.25, 0.3) is 0 Å². The third-order valence-corrected chi connectivity index (χ3v) is 3.36. The maximum atomic E-state index is 11.8. The fourth-order valence-corrected chi connectivity index (χ4v) is 2.27. The number of nitrogens with one attached hydrogen (secondary N) is 1. The lowest BCUT2D eigenvalue weighted by molar-refractivity contribution is -0.00186. The van der Waals surface area contributed by atoms with Crippen LogP contribution >= 0.6 is 0 Å². The number of nitrogens with zero attached hydrogens (tertiary/aromatic N) is 1. The number of hydrogen-bond donors (Lipinski definition) is 2. The van der Waals surface area contributed by atoms with Crippen molar-refractivity contribution in [2.75, 3.05) is 13.2 Å². The van der Waals surface area contributed by atoms with Gasteiger partial charge in [-0.2, -0.15) is 0 Å². The predicted octanol–water partition coefficient (Wildman–Crippen LogP) is 1.07. The van der Waals surface area contributed by atoms with E-state index in [1.807, 2.05) is 12.1 Å². The average molecular weight is 274 g/mol. The quantitative estimate of drug-likeness (QED) is 0.874. The van der Waals surface area contributed by atoms with Crippen LogP contribution in [0.3, 0.4) is 0 Å². The zero-order chi connectivity index (χ0) is 14.0. The Labute approximate surface area is 115 Å². The highest BCUT2D eigenvalue weighted by atomic mass is 16.5. The first-order valence-corrected chi connectivity index (χ1v) is 6.33. The summed E-state index contributed by atoms with van der Waals surface area (Å²) in [6.45, 7) is 0.499. The second-order valence-electron chi connectivity index (χ2n) is 4.69. The normalized spacial score (nSPS) is 20.9. The van der Waals surface area contributed by atoms with Gasteiger partial charge in [0.25, 0.3) is 5.91 Å². The van der Waals surface area contributed by atoms with E-state index in [0.717, 1.165) is 0 Å². The third-order valence-electron chi connectivity index (χ3n) is 3.36. The summed E-state index contributed by atoms with van der Waals surface area (Å²) in [4.78, 5) is 11.8. The Morgan fingerprint density at radius 1 is 1.40 bits per heavy atom. The molecule has 0 saturated heterocycles. The summed E-state index contributed by atoms with van der Waals surface area (Å²) in [5, 5.41) is 16.9. The smallest absolute Gasteiger partial charge is 0.290 e. The third kappa shape index (κ3) is 2.25. The molecule has 1 aliphatic rings. The van der Waals surface area contributed by atoms with Crippen molar-refractivity contribution in [2.24, 2.45) is 0 Å². The molecular weight excluding hydrogens is 260 g/mol. The van der Waals surface area contributed by atoms with Crippen molar-refractivity contribution < 1.29 is 19.2 Å². The van der Waals surface area contributed by atoms with Crippen LogP contribution in [-0.2, 0) is 5.60 Å². The second-order valence-corrected chi connectivity index (χ2v) is 4.69. The van der Waals surface area contributed by atoms with Gasteiger partial charge in [0, 0.05) is 18.1 Å². The van der Waals surface area contributed by atoms with E-state index in [2.05, 4.69) is 10.5 Å². The molecule has 1 amide bonds. The lowest BCUT2D eigenvalue weighted by Crippen LogP contribution is -2.43. The number of benzene rings is 1. The molecule has 1 aliphatic heterocycles. The van der Waals surface area contributed by atoms with Gasteiger partial charge >= 0.3 is 0 Å². The number of carbonyl (C=O) groups excluding carboxylic acids is 1. The summed E-state index contributed by atoms with van der Waals surface area (Å²) in [6.07, 6.45) is 1.81. The molecule has 20 heavy (non-hydrogen) atoms. The minimum absolute atomic E-state index is 0.0902. The molecule has 0 fully saturated rings. The van der Waals surface area contributed by atoms with Crippen LogP contribution in [0.1, 0.15) is 22.5 Å². The van der Waals surface area contributed by atoms with Gasteiger partial charge in [0.05, 0.1) is 19.3 Å². The van der Waals surface area contributed by atoms with Crippen molar-refractivity contribution in [2.45, 2.75) is 12.0 Å². The van der Waals surface area contributed by atoms with Gasteiger partial charge in [-0.1, -0.05) is 23.4 Å². The number of ether oxygens (including phenoxy) is 1. The molecule has 104 valence electrons. The van der Waals surface area contributed by atoms with Gasteiger partial charge < -0.3 is 19.7 Å². The minimum atomic E-state index is -1.13. The fourth-order valence-electron chi connectivity index (χ4n) is 2.27. The summed E-state index contributed by atoms with van der Waals surface area (Å²) < 4.78 is 10.3. The van der Waals surface area contributed by atoms with Gasteiger partial charge in [0.1, 0.15) is 11.4 Å². The Bertz CT molecular complexity index is 611. The van der Waals surface area contributed by atoms with Gasteiger partial charge in [-0.05, 0) is 6.07 Å². The number of carbonyl (C=O) groups is 1. The highest BCUT2D eigenvalue weighted by Crippen LogP contribution is 2.36. The first kappa shape index (κ1) is 12.7. The van der Waals surface area contributed by atoms with Crippen LogP contribution in [0.15, 0.2) is 41.1 Å². The Hall–Kier alpha value is -2.34. The van der Waals surface area contributed by atoms with E-state index in [4.69, 9.17) is 9.26 Å². The highest BCUT2D eigenvalue weighted by molar-refractivity contribution is 5.91. The van der Waals surface area contributed by atoms with E-state index in [-0.39, 0.29) is 12.3 Å². The minimum Gasteiger partial charge on any atom is -0.493 e. The van der Waals surface area contributed by atoms with Crippen molar-refractivity contribution in [1.29, 1.82) is 0 Å². The van der Waals surface area contributed by atoms with E-state index < -0.39 is 11.5 Å². The lowest BCUT2D eigenvalue weighted by atomic mass is 9.88. The summed E-state index contributed by atoms with van der Waals surface area (Å²) in [5.74, 6) is 0.365. The van der Waals surface area contributed by atoms with E-state index >= 15 is 0 Å². The molecule has 3 rings (SSSR count). The molecule has 0 aliphatic carbocycles. The van der Waals surface area contributed by atoms with Gasteiger partial charge in [0.2, 0.25) is 5.76 Å². The van der Waals surface area contributed by atoms with Crippen molar-refractivity contribution in [1.82, 2.24) is 10.5 Å². The average Bonchev–Trinajstić information content (AvgIpc) is 3.00. The number of aliphatic hydroxyl groups is 1. The summed E-state index contributed by atoms with van der Waals surface area (Å²) >= 11 is 0. The molecular formula is C14H14N2O4. The molecule has 1 unspecified atom stereocenters. The molecule has 2 aromatic rings. The van der Waals surface area contributed by atoms with Crippen molar-refractivity contribution in [3.05, 3.63) is 47.9 Å². The van der Waals surface area contributed by atoms with Crippen LogP contribution in [-0.4, -0.2) is 29.3 Å². The number of amides is 1. The Kier molecular flexibility index (Phi) is 3.15. The first-order chi connectivity index (χ1) is 9.69. The van der Waals surface area contributed by atoms with E-state index in [0.29, 0.717) is 24.3 Å². The van der Waals surface area contributed by atoms with Crippen molar-refractivity contribution >= 4 is 5.91 Å². The molecule has 1 aromatic carbocycles. The summed E-state index contributed by atoms with van der Waals surface area (Å²) in [6, 6.07) is 8.75. The van der Waals surface area contributed by atoms with E-state index in [9.17, 15) is 9.90 Å². The number of rotatable bonds is 3. The number of fused-ring (bicyclic) bond motifs is 1. The predicted molar refractivity (Wildman–Crippen MR) is 69.3 cm³/mol. The standard InChI is InChI=1S/C14H14N2O4/c17-13(12-5-7-16-20-12)15-9-14(18)6-8-19-11-4-2-1-3-10(11)14/h1-5,7,18H,6,8-9H2,(H,15,17). The summed E-state index contributed by atoms with van der Waals surface area (Å²) in [7, 11) is 0. The summed E-state index contributed by atoms with van der Waals surface area (Å²) in [5.41, 5.74) is -0.450. The number of para-hydroxylation sites is 1.